The highest BCUT2D eigenvalue weighted by Crippen LogP contribution is 2.40. The minimum absolute atomic E-state index is 0.218. The zero-order chi connectivity index (χ0) is 24.8. The molecule has 182 valence electrons. The smallest absolute Gasteiger partial charge is 0.407 e. The van der Waals surface area contributed by atoms with Crippen LogP contribution in [0.5, 0.6) is 5.75 Å². The van der Waals surface area contributed by atoms with Crippen molar-refractivity contribution in [2.45, 2.75) is 44.8 Å². The molecule has 2 heterocycles. The number of benzene rings is 2. The van der Waals surface area contributed by atoms with Crippen LogP contribution >= 0.6 is 11.6 Å². The molecule has 1 N–H and O–H groups in total. The molecule has 4 rings (SSSR count). The van der Waals surface area contributed by atoms with E-state index in [1.165, 1.54) is 12.1 Å². The summed E-state index contributed by atoms with van der Waals surface area (Å²) in [5, 5.41) is 3.00. The number of amides is 2. The summed E-state index contributed by atoms with van der Waals surface area (Å²) in [7, 11) is 0. The highest BCUT2D eigenvalue weighted by Gasteiger charge is 2.46. The number of fused-ring (bicyclic) bond motifs is 1. The number of carbonyl (C=O) groups excluding carboxylic acids is 2. The monoisotopic (exact) mass is 496 g/mol. The van der Waals surface area contributed by atoms with Gasteiger partial charge in [0.25, 0.3) is 11.8 Å². The van der Waals surface area contributed by atoms with Crippen LogP contribution in [0.3, 0.4) is 0 Å². The van der Waals surface area contributed by atoms with Crippen molar-refractivity contribution in [3.63, 3.8) is 0 Å². The van der Waals surface area contributed by atoms with Gasteiger partial charge in [-0.05, 0) is 56.2 Å². The Kier molecular flexibility index (Phi) is 6.18. The molecule has 1 saturated heterocycles. The lowest BCUT2D eigenvalue weighted by Crippen LogP contribution is -2.58. The molecule has 0 spiro atoms. The van der Waals surface area contributed by atoms with Gasteiger partial charge in [-0.15, -0.1) is 0 Å². The average Bonchev–Trinajstić information content (AvgIpc) is 3.12. The molecular weight excluding hydrogens is 473 g/mol. The second-order valence-electron chi connectivity index (χ2n) is 9.48. The third-order valence-corrected chi connectivity index (χ3v) is 5.67. The fraction of sp³-hybridized carbons (Fsp3) is 0.417. The van der Waals surface area contributed by atoms with Gasteiger partial charge in [0, 0.05) is 12.0 Å². The van der Waals surface area contributed by atoms with Crippen LogP contribution in [0.1, 0.15) is 36.7 Å². The van der Waals surface area contributed by atoms with Crippen molar-refractivity contribution in [2.75, 3.05) is 19.6 Å². The number of rotatable bonds is 4. The Bertz CT molecular complexity index is 1140. The molecule has 2 aliphatic rings. The molecule has 2 aromatic carbocycles. The fourth-order valence-electron chi connectivity index (χ4n) is 3.87. The number of likely N-dealkylation sites (tertiary alicyclic amines) is 1. The van der Waals surface area contributed by atoms with Gasteiger partial charge in [-0.2, -0.15) is 0 Å². The molecule has 0 saturated carbocycles. The SMILES string of the molecule is CC(C)(C)OC(=O)NCC1Cc2cc(-c3ccc(C(=O)N4CC(F)(F)C4)c(F)c3)cc(Cl)c2O1. The minimum atomic E-state index is -2.92. The highest BCUT2D eigenvalue weighted by molar-refractivity contribution is 6.32. The molecule has 0 aromatic heterocycles. The van der Waals surface area contributed by atoms with Crippen LogP contribution in [-0.2, 0) is 11.2 Å². The van der Waals surface area contributed by atoms with Crippen LogP contribution in [0.2, 0.25) is 5.02 Å². The molecule has 0 bridgehead atoms. The Hall–Kier alpha value is -2.94. The van der Waals surface area contributed by atoms with Crippen LogP contribution in [-0.4, -0.2) is 54.2 Å². The van der Waals surface area contributed by atoms with E-state index in [-0.39, 0.29) is 18.2 Å². The van der Waals surface area contributed by atoms with E-state index in [0.29, 0.717) is 28.3 Å². The van der Waals surface area contributed by atoms with Gasteiger partial charge in [0.15, 0.2) is 0 Å². The third kappa shape index (κ3) is 5.24. The summed E-state index contributed by atoms with van der Waals surface area (Å²) in [6.07, 6.45) is -0.423. The number of alkyl halides is 2. The van der Waals surface area contributed by atoms with E-state index in [2.05, 4.69) is 5.32 Å². The standard InChI is InChI=1S/C24H24ClF3N2O4/c1-23(2,3)34-22(32)29-10-16-7-15-6-14(8-18(25)20(15)33-16)13-4-5-17(19(26)9-13)21(31)30-11-24(27,28)12-30/h4-6,8-9,16H,7,10-12H2,1-3H3,(H,29,32). The first-order valence-corrected chi connectivity index (χ1v) is 11.1. The van der Waals surface area contributed by atoms with Crippen molar-refractivity contribution in [1.29, 1.82) is 0 Å². The molecule has 2 aliphatic heterocycles. The van der Waals surface area contributed by atoms with Gasteiger partial charge >= 0.3 is 6.09 Å². The van der Waals surface area contributed by atoms with Gasteiger partial charge in [0.1, 0.15) is 23.3 Å². The molecule has 1 atom stereocenters. The molecule has 1 unspecified atom stereocenters. The van der Waals surface area contributed by atoms with Crippen molar-refractivity contribution in [1.82, 2.24) is 10.2 Å². The van der Waals surface area contributed by atoms with Crippen molar-refractivity contribution in [3.05, 3.63) is 52.3 Å². The first kappa shape index (κ1) is 24.2. The Balaban J connectivity index is 1.45. The maximum absolute atomic E-state index is 14.7. The van der Waals surface area contributed by atoms with Gasteiger partial charge in [0.2, 0.25) is 0 Å². The first-order valence-electron chi connectivity index (χ1n) is 10.7. The predicted molar refractivity (Wildman–Crippen MR) is 120 cm³/mol. The number of halogens is 4. The van der Waals surface area contributed by atoms with Gasteiger partial charge in [0.05, 0.1) is 30.2 Å². The lowest BCUT2D eigenvalue weighted by Gasteiger charge is -2.38. The molecule has 2 aromatic rings. The summed E-state index contributed by atoms with van der Waals surface area (Å²) < 4.78 is 51.8. The molecule has 0 aliphatic carbocycles. The van der Waals surface area contributed by atoms with Crippen LogP contribution in [0.4, 0.5) is 18.0 Å². The van der Waals surface area contributed by atoms with E-state index >= 15 is 0 Å². The van der Waals surface area contributed by atoms with Crippen LogP contribution in [0, 0.1) is 5.82 Å². The van der Waals surface area contributed by atoms with Gasteiger partial charge < -0.3 is 19.7 Å². The molecule has 0 radical (unpaired) electrons. The molecule has 1 fully saturated rings. The Morgan fingerprint density at radius 2 is 1.91 bits per heavy atom. The summed E-state index contributed by atoms with van der Waals surface area (Å²) in [5.41, 5.74) is 1.01. The zero-order valence-corrected chi connectivity index (χ0v) is 19.6. The van der Waals surface area contributed by atoms with Crippen LogP contribution in [0.15, 0.2) is 30.3 Å². The van der Waals surface area contributed by atoms with E-state index in [1.54, 1.807) is 39.0 Å². The van der Waals surface area contributed by atoms with E-state index in [1.807, 2.05) is 0 Å². The van der Waals surface area contributed by atoms with Gasteiger partial charge in [-0.1, -0.05) is 17.7 Å². The molecule has 2 amide bonds. The first-order chi connectivity index (χ1) is 15.8. The van der Waals surface area contributed by atoms with Gasteiger partial charge in [-0.3, -0.25) is 4.79 Å². The number of nitrogens with one attached hydrogen (secondary N) is 1. The third-order valence-electron chi connectivity index (χ3n) is 5.39. The van der Waals surface area contributed by atoms with Crippen molar-refractivity contribution in [2.24, 2.45) is 0 Å². The van der Waals surface area contributed by atoms with E-state index < -0.39 is 42.4 Å². The summed E-state index contributed by atoms with van der Waals surface area (Å²) in [5.74, 6) is -4.00. The summed E-state index contributed by atoms with van der Waals surface area (Å²) >= 11 is 6.39. The van der Waals surface area contributed by atoms with Crippen molar-refractivity contribution < 1.29 is 32.2 Å². The topological polar surface area (TPSA) is 67.9 Å². The van der Waals surface area contributed by atoms with E-state index in [9.17, 15) is 22.8 Å². The second kappa shape index (κ2) is 8.69. The van der Waals surface area contributed by atoms with Crippen LogP contribution < -0.4 is 10.1 Å². The maximum Gasteiger partial charge on any atom is 0.407 e. The Morgan fingerprint density at radius 3 is 2.53 bits per heavy atom. The van der Waals surface area contributed by atoms with Crippen molar-refractivity contribution in [3.8, 4) is 16.9 Å². The lowest BCUT2D eigenvalue weighted by molar-refractivity contribution is -0.113. The normalized spacial score (nSPS) is 18.6. The zero-order valence-electron chi connectivity index (χ0n) is 18.9. The summed E-state index contributed by atoms with van der Waals surface area (Å²) in [6.45, 7) is 4.10. The number of hydrogen-bond donors (Lipinski definition) is 1. The molecule has 34 heavy (non-hydrogen) atoms. The quantitative estimate of drug-likeness (QED) is 0.642. The number of alkyl carbamates (subject to hydrolysis) is 1. The minimum Gasteiger partial charge on any atom is -0.486 e. The largest absolute Gasteiger partial charge is 0.486 e. The summed E-state index contributed by atoms with van der Waals surface area (Å²) in [4.78, 5) is 25.1. The molecule has 10 heteroatoms. The highest BCUT2D eigenvalue weighted by atomic mass is 35.5. The number of hydrogen-bond acceptors (Lipinski definition) is 4. The number of nitrogens with zero attached hydrogens (tertiary/aromatic N) is 1. The van der Waals surface area contributed by atoms with E-state index in [0.717, 1.165) is 10.5 Å². The summed E-state index contributed by atoms with van der Waals surface area (Å²) in [6, 6.07) is 7.44. The van der Waals surface area contributed by atoms with Gasteiger partial charge in [-0.25, -0.2) is 18.0 Å². The van der Waals surface area contributed by atoms with Crippen LogP contribution in [0.25, 0.3) is 11.1 Å². The van der Waals surface area contributed by atoms with Crippen molar-refractivity contribution >= 4 is 23.6 Å². The number of carbonyl (C=O) groups is 2. The fourth-order valence-corrected chi connectivity index (χ4v) is 4.16. The average molecular weight is 497 g/mol. The number of ether oxygens (including phenoxy) is 2. The van der Waals surface area contributed by atoms with E-state index in [4.69, 9.17) is 21.1 Å². The maximum atomic E-state index is 14.7. The Morgan fingerprint density at radius 1 is 1.21 bits per heavy atom. The Labute approximate surface area is 200 Å². The second-order valence-corrected chi connectivity index (χ2v) is 9.89. The molecular formula is C24H24ClF3N2O4. The predicted octanol–water partition coefficient (Wildman–Crippen LogP) is 5.07. The molecule has 6 nitrogen and oxygen atoms in total. The lowest BCUT2D eigenvalue weighted by atomic mass is 9.99.